The largest absolute Gasteiger partial charge is 0.394 e. The van der Waals surface area contributed by atoms with Gasteiger partial charge in [0.15, 0.2) is 6.23 Å². The quantitative estimate of drug-likeness (QED) is 0.607. The molecule has 0 bridgehead atoms. The topological polar surface area (TPSA) is 114 Å². The molecule has 2 rings (SSSR count). The van der Waals surface area contributed by atoms with Gasteiger partial charge in [0.25, 0.3) is 5.56 Å². The molecule has 1 saturated heterocycles. The van der Waals surface area contributed by atoms with E-state index >= 15 is 0 Å². The number of aryl methyl sites for hydroxylation is 1. The zero-order valence-electron chi connectivity index (χ0n) is 11.4. The van der Waals surface area contributed by atoms with Gasteiger partial charge >= 0.3 is 5.69 Å². The average Bonchev–Trinajstić information content (AvgIpc) is 2.77. The molecule has 0 amide bonds. The molecule has 1 fully saturated rings. The van der Waals surface area contributed by atoms with Crippen molar-refractivity contribution >= 4 is 0 Å². The standard InChI is InChI=1S/C12H17FN2O6/c1-6-4-15(12(19)14-10(6)18)11-9(20-3-2-13)8(17)7(5-16)21-11/h4,7-9,11,16-17H,2-3,5H2,1H3,(H,14,18,19)/t7-,8-,9-,11-/m1/s1. The van der Waals surface area contributed by atoms with Crippen LogP contribution in [0.25, 0.3) is 0 Å². The van der Waals surface area contributed by atoms with E-state index in [9.17, 15) is 19.1 Å². The second-order valence-electron chi connectivity index (χ2n) is 4.74. The Labute approximate surface area is 118 Å². The minimum atomic E-state index is -1.22. The highest BCUT2D eigenvalue weighted by Gasteiger charge is 2.45. The van der Waals surface area contributed by atoms with Gasteiger partial charge in [0.2, 0.25) is 0 Å². The van der Waals surface area contributed by atoms with Gasteiger partial charge in [-0.1, -0.05) is 0 Å². The van der Waals surface area contributed by atoms with Gasteiger partial charge < -0.3 is 19.7 Å². The molecule has 4 atom stereocenters. The smallest absolute Gasteiger partial charge is 0.330 e. The van der Waals surface area contributed by atoms with Crippen LogP contribution in [0.1, 0.15) is 11.8 Å². The Morgan fingerprint density at radius 3 is 2.86 bits per heavy atom. The van der Waals surface area contributed by atoms with Crippen molar-refractivity contribution in [3.63, 3.8) is 0 Å². The summed E-state index contributed by atoms with van der Waals surface area (Å²) in [5.41, 5.74) is -1.01. The summed E-state index contributed by atoms with van der Waals surface area (Å²) < 4.78 is 23.9. The lowest BCUT2D eigenvalue weighted by Crippen LogP contribution is -2.40. The molecule has 0 spiro atoms. The van der Waals surface area contributed by atoms with Gasteiger partial charge in [-0.15, -0.1) is 0 Å². The molecule has 0 aromatic carbocycles. The Morgan fingerprint density at radius 1 is 1.52 bits per heavy atom. The van der Waals surface area contributed by atoms with E-state index in [0.29, 0.717) is 0 Å². The van der Waals surface area contributed by atoms with E-state index in [2.05, 4.69) is 4.98 Å². The third kappa shape index (κ3) is 3.05. The molecule has 2 heterocycles. The number of alkyl halides is 1. The molecule has 0 saturated carbocycles. The molecule has 9 heteroatoms. The van der Waals surface area contributed by atoms with Gasteiger partial charge in [-0.3, -0.25) is 14.3 Å². The molecule has 1 aromatic heterocycles. The summed E-state index contributed by atoms with van der Waals surface area (Å²) in [5, 5.41) is 19.2. The highest BCUT2D eigenvalue weighted by Crippen LogP contribution is 2.30. The number of nitrogens with zero attached hydrogens (tertiary/aromatic N) is 1. The van der Waals surface area contributed by atoms with E-state index in [-0.39, 0.29) is 12.2 Å². The number of nitrogens with one attached hydrogen (secondary N) is 1. The minimum Gasteiger partial charge on any atom is -0.394 e. The summed E-state index contributed by atoms with van der Waals surface area (Å²) >= 11 is 0. The Bertz CT molecular complexity index is 600. The fourth-order valence-corrected chi connectivity index (χ4v) is 2.23. The van der Waals surface area contributed by atoms with Crippen molar-refractivity contribution in [2.75, 3.05) is 19.9 Å². The average molecular weight is 304 g/mol. The first-order chi connectivity index (χ1) is 9.99. The predicted octanol–water partition coefficient (Wildman–Crippen LogP) is -1.55. The van der Waals surface area contributed by atoms with Crippen LogP contribution >= 0.6 is 0 Å². The van der Waals surface area contributed by atoms with Crippen LogP contribution in [0.2, 0.25) is 0 Å². The third-order valence-corrected chi connectivity index (χ3v) is 3.30. The number of rotatable bonds is 5. The number of aliphatic hydroxyl groups excluding tert-OH is 2. The molecular formula is C12H17FN2O6. The van der Waals surface area contributed by atoms with Gasteiger partial charge in [-0.2, -0.15) is 0 Å². The van der Waals surface area contributed by atoms with E-state index in [1.807, 2.05) is 0 Å². The van der Waals surface area contributed by atoms with Gasteiger partial charge in [0.05, 0.1) is 13.2 Å². The molecule has 118 valence electrons. The molecule has 1 aliphatic rings. The third-order valence-electron chi connectivity index (χ3n) is 3.30. The van der Waals surface area contributed by atoms with Crippen molar-refractivity contribution in [2.45, 2.75) is 31.5 Å². The van der Waals surface area contributed by atoms with E-state index in [1.165, 1.54) is 13.1 Å². The Hall–Kier alpha value is -1.55. The second-order valence-corrected chi connectivity index (χ2v) is 4.74. The summed E-state index contributed by atoms with van der Waals surface area (Å²) in [7, 11) is 0. The van der Waals surface area contributed by atoms with Gasteiger partial charge in [0, 0.05) is 11.8 Å². The number of halogens is 1. The zero-order chi connectivity index (χ0) is 15.6. The maximum absolute atomic E-state index is 12.3. The molecular weight excluding hydrogens is 287 g/mol. The maximum Gasteiger partial charge on any atom is 0.330 e. The monoisotopic (exact) mass is 304 g/mol. The summed E-state index contributed by atoms with van der Waals surface area (Å²) in [4.78, 5) is 25.3. The lowest BCUT2D eigenvalue weighted by Gasteiger charge is -2.22. The number of H-pyrrole nitrogens is 1. The first kappa shape index (κ1) is 15.8. The fourth-order valence-electron chi connectivity index (χ4n) is 2.23. The van der Waals surface area contributed by atoms with Gasteiger partial charge in [-0.05, 0) is 6.92 Å². The van der Waals surface area contributed by atoms with Gasteiger partial charge in [0.1, 0.15) is 25.0 Å². The van der Waals surface area contributed by atoms with Crippen molar-refractivity contribution in [1.29, 1.82) is 0 Å². The van der Waals surface area contributed by atoms with Crippen LogP contribution in [0.4, 0.5) is 4.39 Å². The number of hydrogen-bond donors (Lipinski definition) is 3. The van der Waals surface area contributed by atoms with Crippen molar-refractivity contribution < 1.29 is 24.1 Å². The maximum atomic E-state index is 12.3. The number of aliphatic hydroxyl groups is 2. The summed E-state index contributed by atoms with van der Waals surface area (Å²) in [6, 6.07) is 0. The van der Waals surface area contributed by atoms with Crippen LogP contribution in [-0.2, 0) is 9.47 Å². The van der Waals surface area contributed by atoms with E-state index in [1.54, 1.807) is 0 Å². The zero-order valence-corrected chi connectivity index (χ0v) is 11.4. The summed E-state index contributed by atoms with van der Waals surface area (Å²) in [5.74, 6) is 0. The molecule has 21 heavy (non-hydrogen) atoms. The van der Waals surface area contributed by atoms with Crippen LogP contribution in [0.3, 0.4) is 0 Å². The van der Waals surface area contributed by atoms with Crippen LogP contribution in [0.15, 0.2) is 15.8 Å². The number of ether oxygens (including phenoxy) is 2. The molecule has 0 aliphatic carbocycles. The Kier molecular flexibility index (Phi) is 4.88. The molecule has 1 aliphatic heterocycles. The first-order valence-corrected chi connectivity index (χ1v) is 6.43. The minimum absolute atomic E-state index is 0.268. The number of aromatic amines is 1. The Morgan fingerprint density at radius 2 is 2.24 bits per heavy atom. The fraction of sp³-hybridized carbons (Fsp3) is 0.667. The van der Waals surface area contributed by atoms with E-state index < -0.39 is 49.1 Å². The Balaban J connectivity index is 2.37. The second kappa shape index (κ2) is 6.48. The molecule has 8 nitrogen and oxygen atoms in total. The van der Waals surface area contributed by atoms with Gasteiger partial charge in [-0.25, -0.2) is 9.18 Å². The number of aromatic nitrogens is 2. The van der Waals surface area contributed by atoms with Crippen LogP contribution in [0.5, 0.6) is 0 Å². The first-order valence-electron chi connectivity index (χ1n) is 6.43. The van der Waals surface area contributed by atoms with Crippen LogP contribution in [0, 0.1) is 6.92 Å². The summed E-state index contributed by atoms with van der Waals surface area (Å²) in [6.07, 6.45) is -3.00. The molecule has 0 unspecified atom stereocenters. The van der Waals surface area contributed by atoms with Crippen molar-refractivity contribution in [1.82, 2.24) is 9.55 Å². The van der Waals surface area contributed by atoms with E-state index in [4.69, 9.17) is 14.6 Å². The highest BCUT2D eigenvalue weighted by atomic mass is 19.1. The lowest BCUT2D eigenvalue weighted by molar-refractivity contribution is -0.0762. The lowest BCUT2D eigenvalue weighted by atomic mass is 10.1. The van der Waals surface area contributed by atoms with Crippen molar-refractivity contribution in [2.24, 2.45) is 0 Å². The SMILES string of the molecule is Cc1cn([C@@H]2O[C@H](CO)[C@@H](O)[C@H]2OCCF)c(=O)[nH]c1=O. The highest BCUT2D eigenvalue weighted by molar-refractivity contribution is 5.03. The van der Waals surface area contributed by atoms with Crippen molar-refractivity contribution in [3.8, 4) is 0 Å². The van der Waals surface area contributed by atoms with Crippen LogP contribution in [-0.4, -0.2) is 58.0 Å². The van der Waals surface area contributed by atoms with Crippen LogP contribution < -0.4 is 11.2 Å². The molecule has 1 aromatic rings. The summed E-state index contributed by atoms with van der Waals surface area (Å²) in [6.45, 7) is -0.0263. The van der Waals surface area contributed by atoms with E-state index in [0.717, 1.165) is 4.57 Å². The molecule has 3 N–H and O–H groups in total. The molecule has 0 radical (unpaired) electrons. The normalized spacial score (nSPS) is 29.0. The number of hydrogen-bond acceptors (Lipinski definition) is 6. The predicted molar refractivity (Wildman–Crippen MR) is 68.8 cm³/mol. The van der Waals surface area contributed by atoms with Crippen molar-refractivity contribution in [3.05, 3.63) is 32.6 Å².